The van der Waals surface area contributed by atoms with Crippen molar-refractivity contribution in [3.05, 3.63) is 42.1 Å². The van der Waals surface area contributed by atoms with Crippen molar-refractivity contribution in [2.45, 2.75) is 6.92 Å². The van der Waals surface area contributed by atoms with Gasteiger partial charge in [0.25, 0.3) is 5.91 Å². The van der Waals surface area contributed by atoms with Crippen LogP contribution in [0.5, 0.6) is 0 Å². The van der Waals surface area contributed by atoms with Crippen molar-refractivity contribution < 1.29 is 4.79 Å². The summed E-state index contributed by atoms with van der Waals surface area (Å²) < 4.78 is 1.62. The summed E-state index contributed by atoms with van der Waals surface area (Å²) in [5.74, 6) is 0.529. The third-order valence-electron chi connectivity index (χ3n) is 2.60. The van der Waals surface area contributed by atoms with Crippen molar-refractivity contribution in [3.8, 4) is 0 Å². The molecule has 0 bridgehead atoms. The summed E-state index contributed by atoms with van der Waals surface area (Å²) in [6.45, 7) is 2.77. The van der Waals surface area contributed by atoms with Gasteiger partial charge in [-0.25, -0.2) is 0 Å². The van der Waals surface area contributed by atoms with E-state index in [1.165, 1.54) is 0 Å². The molecule has 0 unspecified atom stereocenters. The van der Waals surface area contributed by atoms with E-state index in [9.17, 15) is 4.79 Å². The summed E-state index contributed by atoms with van der Waals surface area (Å²) >= 11 is 0. The van der Waals surface area contributed by atoms with Gasteiger partial charge >= 0.3 is 0 Å². The fraction of sp³-hybridized carbons (Fsp3) is 0.231. The first-order chi connectivity index (χ1) is 8.72. The minimum absolute atomic E-state index is 0.143. The van der Waals surface area contributed by atoms with Crippen LogP contribution in [0.2, 0.25) is 0 Å². The summed E-state index contributed by atoms with van der Waals surface area (Å²) in [7, 11) is 1.78. The van der Waals surface area contributed by atoms with Gasteiger partial charge in [0.15, 0.2) is 0 Å². The molecule has 1 aromatic heterocycles. The zero-order valence-electron chi connectivity index (χ0n) is 10.5. The number of nitrogens with one attached hydrogen (secondary N) is 2. The van der Waals surface area contributed by atoms with Gasteiger partial charge in [-0.1, -0.05) is 12.1 Å². The molecule has 1 aromatic carbocycles. The van der Waals surface area contributed by atoms with Crippen LogP contribution in [0.4, 0.5) is 11.5 Å². The number of carbonyl (C=O) groups is 1. The highest BCUT2D eigenvalue weighted by Crippen LogP contribution is 2.16. The molecule has 0 saturated carbocycles. The van der Waals surface area contributed by atoms with E-state index in [0.29, 0.717) is 11.4 Å². The number of nitrogens with zero attached hydrogens (tertiary/aromatic N) is 2. The number of para-hydroxylation sites is 1. The van der Waals surface area contributed by atoms with Gasteiger partial charge in [0.2, 0.25) is 0 Å². The van der Waals surface area contributed by atoms with Crippen molar-refractivity contribution in [3.63, 3.8) is 0 Å². The normalized spacial score (nSPS) is 10.1. The molecule has 0 aliphatic heterocycles. The van der Waals surface area contributed by atoms with Crippen LogP contribution in [0, 0.1) is 0 Å². The van der Waals surface area contributed by atoms with Gasteiger partial charge in [-0.2, -0.15) is 5.10 Å². The number of benzene rings is 1. The first kappa shape index (κ1) is 12.2. The minimum Gasteiger partial charge on any atom is -0.385 e. The molecule has 0 aliphatic rings. The second-order valence-electron chi connectivity index (χ2n) is 3.87. The second kappa shape index (κ2) is 5.35. The van der Waals surface area contributed by atoms with Gasteiger partial charge in [0.05, 0.1) is 11.8 Å². The SMILES string of the molecule is CCNc1ccccc1C(=O)Nc1ccnn1C. The first-order valence-electron chi connectivity index (χ1n) is 5.84. The fourth-order valence-corrected chi connectivity index (χ4v) is 1.71. The Kier molecular flexibility index (Phi) is 3.62. The van der Waals surface area contributed by atoms with Crippen molar-refractivity contribution in [1.82, 2.24) is 9.78 Å². The quantitative estimate of drug-likeness (QED) is 0.866. The Balaban J connectivity index is 2.21. The van der Waals surface area contributed by atoms with E-state index in [1.807, 2.05) is 25.1 Å². The number of aryl methyl sites for hydroxylation is 1. The monoisotopic (exact) mass is 244 g/mol. The van der Waals surface area contributed by atoms with E-state index < -0.39 is 0 Å². The standard InChI is InChI=1S/C13H16N4O/c1-3-14-11-7-5-4-6-10(11)13(18)16-12-8-9-15-17(12)2/h4-9,14H,3H2,1-2H3,(H,16,18). The number of hydrogen-bond acceptors (Lipinski definition) is 3. The molecule has 2 N–H and O–H groups in total. The summed E-state index contributed by atoms with van der Waals surface area (Å²) in [6, 6.07) is 9.19. The molecule has 2 rings (SSSR count). The number of rotatable bonds is 4. The van der Waals surface area contributed by atoms with Gasteiger partial charge in [-0.3, -0.25) is 9.48 Å². The van der Waals surface area contributed by atoms with Crippen LogP contribution in [0.1, 0.15) is 17.3 Å². The van der Waals surface area contributed by atoms with Crippen LogP contribution in [-0.4, -0.2) is 22.2 Å². The van der Waals surface area contributed by atoms with Crippen molar-refractivity contribution in [2.24, 2.45) is 7.05 Å². The van der Waals surface area contributed by atoms with E-state index >= 15 is 0 Å². The molecule has 0 spiro atoms. The zero-order chi connectivity index (χ0) is 13.0. The topological polar surface area (TPSA) is 59.0 Å². The largest absolute Gasteiger partial charge is 0.385 e. The molecule has 2 aromatic rings. The fourth-order valence-electron chi connectivity index (χ4n) is 1.71. The Hall–Kier alpha value is -2.30. The van der Waals surface area contributed by atoms with Gasteiger partial charge in [0.1, 0.15) is 5.82 Å². The predicted molar refractivity (Wildman–Crippen MR) is 71.8 cm³/mol. The molecule has 1 amide bonds. The number of carbonyl (C=O) groups excluding carboxylic acids is 1. The highest BCUT2D eigenvalue weighted by Gasteiger charge is 2.11. The molecule has 0 saturated heterocycles. The van der Waals surface area contributed by atoms with Crippen molar-refractivity contribution in [2.75, 3.05) is 17.2 Å². The number of hydrogen-bond donors (Lipinski definition) is 2. The lowest BCUT2D eigenvalue weighted by Crippen LogP contribution is -2.16. The lowest BCUT2D eigenvalue weighted by molar-refractivity contribution is 0.102. The molecule has 18 heavy (non-hydrogen) atoms. The molecule has 5 nitrogen and oxygen atoms in total. The summed E-state index contributed by atoms with van der Waals surface area (Å²) in [5.41, 5.74) is 1.46. The number of aromatic nitrogens is 2. The molecule has 94 valence electrons. The maximum atomic E-state index is 12.2. The van der Waals surface area contributed by atoms with Crippen LogP contribution in [0.25, 0.3) is 0 Å². The molecule has 0 atom stereocenters. The van der Waals surface area contributed by atoms with Crippen LogP contribution in [-0.2, 0) is 7.05 Å². The third-order valence-corrected chi connectivity index (χ3v) is 2.60. The molecule has 0 aliphatic carbocycles. The Labute approximate surface area is 106 Å². The Bertz CT molecular complexity index is 547. The summed E-state index contributed by atoms with van der Waals surface area (Å²) in [4.78, 5) is 12.2. The lowest BCUT2D eigenvalue weighted by Gasteiger charge is -2.10. The van der Waals surface area contributed by atoms with Crippen LogP contribution < -0.4 is 10.6 Å². The highest BCUT2D eigenvalue weighted by atomic mass is 16.1. The molecule has 0 fully saturated rings. The molecular formula is C13H16N4O. The molecule has 1 heterocycles. The van der Waals surface area contributed by atoms with E-state index in [4.69, 9.17) is 0 Å². The lowest BCUT2D eigenvalue weighted by atomic mass is 10.1. The third kappa shape index (κ3) is 2.51. The second-order valence-corrected chi connectivity index (χ2v) is 3.87. The van der Waals surface area contributed by atoms with Gasteiger partial charge in [-0.05, 0) is 19.1 Å². The molecule has 0 radical (unpaired) electrons. The average molecular weight is 244 g/mol. The number of amides is 1. The minimum atomic E-state index is -0.143. The Morgan fingerprint density at radius 3 is 2.78 bits per heavy atom. The van der Waals surface area contributed by atoms with Crippen molar-refractivity contribution in [1.29, 1.82) is 0 Å². The average Bonchev–Trinajstić information content (AvgIpc) is 2.76. The van der Waals surface area contributed by atoms with E-state index in [1.54, 1.807) is 30.1 Å². The summed E-state index contributed by atoms with van der Waals surface area (Å²) in [6.07, 6.45) is 1.64. The van der Waals surface area contributed by atoms with Gasteiger partial charge in [-0.15, -0.1) is 0 Å². The molecule has 5 heteroatoms. The zero-order valence-corrected chi connectivity index (χ0v) is 10.5. The van der Waals surface area contributed by atoms with E-state index in [0.717, 1.165) is 12.2 Å². The maximum absolute atomic E-state index is 12.2. The first-order valence-corrected chi connectivity index (χ1v) is 5.84. The highest BCUT2D eigenvalue weighted by molar-refractivity contribution is 6.07. The van der Waals surface area contributed by atoms with Crippen LogP contribution in [0.15, 0.2) is 36.5 Å². The summed E-state index contributed by atoms with van der Waals surface area (Å²) in [5, 5.41) is 10.0. The Morgan fingerprint density at radius 1 is 1.33 bits per heavy atom. The van der Waals surface area contributed by atoms with E-state index in [2.05, 4.69) is 15.7 Å². The van der Waals surface area contributed by atoms with Crippen LogP contribution >= 0.6 is 0 Å². The Morgan fingerprint density at radius 2 is 2.11 bits per heavy atom. The maximum Gasteiger partial charge on any atom is 0.258 e. The van der Waals surface area contributed by atoms with Crippen LogP contribution in [0.3, 0.4) is 0 Å². The van der Waals surface area contributed by atoms with Gasteiger partial charge in [0, 0.05) is 25.3 Å². The number of anilines is 2. The smallest absolute Gasteiger partial charge is 0.258 e. The predicted octanol–water partition coefficient (Wildman–Crippen LogP) is 2.10. The van der Waals surface area contributed by atoms with E-state index in [-0.39, 0.29) is 5.91 Å². The van der Waals surface area contributed by atoms with Crippen molar-refractivity contribution >= 4 is 17.4 Å². The molecular weight excluding hydrogens is 228 g/mol. The van der Waals surface area contributed by atoms with Gasteiger partial charge < -0.3 is 10.6 Å².